The van der Waals surface area contributed by atoms with E-state index in [1.165, 1.54) is 6.07 Å². The van der Waals surface area contributed by atoms with Crippen LogP contribution in [0.4, 0.5) is 5.95 Å². The van der Waals surface area contributed by atoms with Gasteiger partial charge in [-0.05, 0) is 19.5 Å². The first kappa shape index (κ1) is 18.1. The first-order chi connectivity index (χ1) is 12.5. The normalized spacial score (nSPS) is 15.1. The molecule has 1 aliphatic heterocycles. The lowest BCUT2D eigenvalue weighted by molar-refractivity contribution is -0.120. The molecular weight excluding hydrogens is 330 g/mol. The van der Waals surface area contributed by atoms with Crippen molar-refractivity contribution in [2.24, 2.45) is 0 Å². The van der Waals surface area contributed by atoms with Crippen LogP contribution >= 0.6 is 0 Å². The predicted octanol–water partition coefficient (Wildman–Crippen LogP) is 0.689. The number of aryl methyl sites for hydroxylation is 1. The van der Waals surface area contributed by atoms with E-state index in [1.54, 1.807) is 0 Å². The van der Waals surface area contributed by atoms with Crippen molar-refractivity contribution < 1.29 is 4.79 Å². The largest absolute Gasteiger partial charge is 0.350 e. The number of amides is 1. The molecule has 0 atom stereocenters. The van der Waals surface area contributed by atoms with E-state index in [2.05, 4.69) is 32.1 Å². The summed E-state index contributed by atoms with van der Waals surface area (Å²) >= 11 is 0. The second-order valence-electron chi connectivity index (χ2n) is 6.79. The minimum Gasteiger partial charge on any atom is -0.350 e. The number of anilines is 1. The molecule has 0 radical (unpaired) electrons. The number of nitrogens with zero attached hydrogens (tertiary/aromatic N) is 3. The van der Waals surface area contributed by atoms with Crippen molar-refractivity contribution in [3.63, 3.8) is 0 Å². The van der Waals surface area contributed by atoms with Crippen LogP contribution in [0, 0.1) is 6.92 Å². The highest BCUT2D eigenvalue weighted by atomic mass is 16.1. The summed E-state index contributed by atoms with van der Waals surface area (Å²) in [5.74, 6) is 0.493. The van der Waals surface area contributed by atoms with Crippen molar-refractivity contribution in [1.82, 2.24) is 20.2 Å². The fraction of sp³-hybridized carbons (Fsp3) is 0.421. The van der Waals surface area contributed by atoms with E-state index in [-0.39, 0.29) is 18.0 Å². The van der Waals surface area contributed by atoms with Crippen LogP contribution in [0.1, 0.15) is 16.8 Å². The van der Waals surface area contributed by atoms with Gasteiger partial charge in [0.15, 0.2) is 0 Å². The van der Waals surface area contributed by atoms with Crippen molar-refractivity contribution in [3.8, 4) is 0 Å². The van der Waals surface area contributed by atoms with E-state index in [4.69, 9.17) is 0 Å². The highest BCUT2D eigenvalue weighted by molar-refractivity contribution is 5.78. The molecule has 0 spiro atoms. The smallest absolute Gasteiger partial charge is 0.252 e. The number of benzene rings is 1. The van der Waals surface area contributed by atoms with Gasteiger partial charge in [0.1, 0.15) is 0 Å². The lowest BCUT2D eigenvalue weighted by Crippen LogP contribution is -2.45. The van der Waals surface area contributed by atoms with E-state index >= 15 is 0 Å². The quantitative estimate of drug-likeness (QED) is 0.825. The van der Waals surface area contributed by atoms with E-state index in [1.807, 2.05) is 31.2 Å². The molecule has 26 heavy (non-hydrogen) atoms. The standard InChI is InChI=1S/C19H25N5O2/c1-14-4-3-5-15(10-14)11-17(25)20-13-16-12-18(26)22-19(21-16)24-8-6-23(2)7-9-24/h3-5,10,12H,6-9,11,13H2,1-2H3,(H,20,25)(H,21,22,26). The minimum absolute atomic E-state index is 0.0844. The summed E-state index contributed by atoms with van der Waals surface area (Å²) in [6.07, 6.45) is 0.316. The molecule has 1 saturated heterocycles. The van der Waals surface area contributed by atoms with Crippen molar-refractivity contribution >= 4 is 11.9 Å². The Morgan fingerprint density at radius 2 is 2.00 bits per heavy atom. The first-order valence-electron chi connectivity index (χ1n) is 8.85. The summed E-state index contributed by atoms with van der Waals surface area (Å²) in [5, 5.41) is 2.85. The number of carbonyl (C=O) groups is 1. The molecule has 1 aromatic heterocycles. The Morgan fingerprint density at radius 1 is 1.23 bits per heavy atom. The number of rotatable bonds is 5. The number of hydrogen-bond acceptors (Lipinski definition) is 5. The van der Waals surface area contributed by atoms with Gasteiger partial charge in [-0.1, -0.05) is 29.8 Å². The van der Waals surface area contributed by atoms with Gasteiger partial charge >= 0.3 is 0 Å². The van der Waals surface area contributed by atoms with Gasteiger partial charge in [0.05, 0.1) is 18.7 Å². The summed E-state index contributed by atoms with van der Waals surface area (Å²) in [6, 6.07) is 9.31. The van der Waals surface area contributed by atoms with E-state index in [0.717, 1.165) is 37.3 Å². The van der Waals surface area contributed by atoms with Gasteiger partial charge in [-0.15, -0.1) is 0 Å². The molecule has 0 saturated carbocycles. The van der Waals surface area contributed by atoms with Crippen molar-refractivity contribution in [2.45, 2.75) is 19.9 Å². The molecule has 1 aliphatic rings. The number of likely N-dealkylation sites (N-methyl/N-ethyl adjacent to an activating group) is 1. The van der Waals surface area contributed by atoms with E-state index in [9.17, 15) is 9.59 Å². The third kappa shape index (κ3) is 4.92. The topological polar surface area (TPSA) is 81.3 Å². The summed E-state index contributed by atoms with van der Waals surface area (Å²) in [7, 11) is 2.08. The average molecular weight is 355 g/mol. The molecule has 7 heteroatoms. The van der Waals surface area contributed by atoms with Crippen molar-refractivity contribution in [3.05, 3.63) is 57.5 Å². The zero-order chi connectivity index (χ0) is 18.5. The predicted molar refractivity (Wildman–Crippen MR) is 101 cm³/mol. The minimum atomic E-state index is -0.197. The van der Waals surface area contributed by atoms with Crippen LogP contribution in [0.5, 0.6) is 0 Å². The Labute approximate surface area is 153 Å². The third-order valence-corrected chi connectivity index (χ3v) is 4.50. The number of carbonyl (C=O) groups excluding carboxylic acids is 1. The summed E-state index contributed by atoms with van der Waals surface area (Å²) in [6.45, 7) is 5.75. The van der Waals surface area contributed by atoms with Crippen LogP contribution in [-0.4, -0.2) is 54.0 Å². The average Bonchev–Trinajstić information content (AvgIpc) is 2.60. The molecule has 0 aliphatic carbocycles. The summed E-state index contributed by atoms with van der Waals surface area (Å²) < 4.78 is 0. The van der Waals surface area contributed by atoms with E-state index in [0.29, 0.717) is 18.1 Å². The molecule has 1 aromatic carbocycles. The number of aromatic nitrogens is 2. The first-order valence-corrected chi connectivity index (χ1v) is 8.85. The van der Waals surface area contributed by atoms with Crippen LogP contribution < -0.4 is 15.8 Å². The Balaban J connectivity index is 1.61. The fourth-order valence-electron chi connectivity index (χ4n) is 3.01. The van der Waals surface area contributed by atoms with Gasteiger partial charge in [0, 0.05) is 32.2 Å². The third-order valence-electron chi connectivity index (χ3n) is 4.50. The molecule has 0 bridgehead atoms. The maximum absolute atomic E-state index is 12.2. The van der Waals surface area contributed by atoms with Crippen molar-refractivity contribution in [2.75, 3.05) is 38.1 Å². The van der Waals surface area contributed by atoms with Gasteiger partial charge in [0.2, 0.25) is 11.9 Å². The fourth-order valence-corrected chi connectivity index (χ4v) is 3.01. The molecule has 7 nitrogen and oxygen atoms in total. The number of piperazine rings is 1. The monoisotopic (exact) mass is 355 g/mol. The SMILES string of the molecule is Cc1cccc(CC(=O)NCc2cc(=O)[nH]c(N3CCN(C)CC3)n2)c1. The molecule has 1 amide bonds. The highest BCUT2D eigenvalue weighted by Crippen LogP contribution is 2.09. The lowest BCUT2D eigenvalue weighted by atomic mass is 10.1. The maximum atomic E-state index is 12.2. The zero-order valence-corrected chi connectivity index (χ0v) is 15.3. The van der Waals surface area contributed by atoms with Gasteiger partial charge < -0.3 is 15.1 Å². The second kappa shape index (κ2) is 8.14. The van der Waals surface area contributed by atoms with Gasteiger partial charge in [-0.25, -0.2) is 4.98 Å². The molecule has 2 N–H and O–H groups in total. The molecule has 0 unspecified atom stereocenters. The molecule has 3 rings (SSSR count). The van der Waals surface area contributed by atoms with Crippen molar-refractivity contribution in [1.29, 1.82) is 0 Å². The molecular formula is C19H25N5O2. The van der Waals surface area contributed by atoms with Crippen LogP contribution in [0.2, 0.25) is 0 Å². The summed E-state index contributed by atoms with van der Waals surface area (Å²) in [5.41, 5.74) is 2.47. The van der Waals surface area contributed by atoms with E-state index < -0.39 is 0 Å². The van der Waals surface area contributed by atoms with Crippen LogP contribution in [-0.2, 0) is 17.8 Å². The van der Waals surface area contributed by atoms with Gasteiger partial charge in [-0.2, -0.15) is 0 Å². The van der Waals surface area contributed by atoms with Crippen LogP contribution in [0.25, 0.3) is 0 Å². The number of nitrogens with one attached hydrogen (secondary N) is 2. The number of H-pyrrole nitrogens is 1. The molecule has 2 aromatic rings. The zero-order valence-electron chi connectivity index (χ0n) is 15.3. The molecule has 138 valence electrons. The molecule has 1 fully saturated rings. The summed E-state index contributed by atoms with van der Waals surface area (Å²) in [4.78, 5) is 35.7. The Bertz CT molecular complexity index is 825. The maximum Gasteiger partial charge on any atom is 0.252 e. The van der Waals surface area contributed by atoms with Gasteiger partial charge in [-0.3, -0.25) is 14.6 Å². The molecule has 2 heterocycles. The highest BCUT2D eigenvalue weighted by Gasteiger charge is 2.16. The van der Waals surface area contributed by atoms with Crippen LogP contribution in [0.3, 0.4) is 0 Å². The lowest BCUT2D eigenvalue weighted by Gasteiger charge is -2.32. The Hall–Kier alpha value is -2.67. The van der Waals surface area contributed by atoms with Gasteiger partial charge in [0.25, 0.3) is 5.56 Å². The van der Waals surface area contributed by atoms with Crippen LogP contribution in [0.15, 0.2) is 35.1 Å². The second-order valence-corrected chi connectivity index (χ2v) is 6.79. The Kier molecular flexibility index (Phi) is 5.68. The Morgan fingerprint density at radius 3 is 2.73 bits per heavy atom. The number of aromatic amines is 1. The number of hydrogen-bond donors (Lipinski definition) is 2.